The van der Waals surface area contributed by atoms with E-state index in [9.17, 15) is 4.79 Å². The molecular formula is C15H18N2O2. The predicted molar refractivity (Wildman–Crippen MR) is 74.5 cm³/mol. The Labute approximate surface area is 112 Å². The zero-order valence-electron chi connectivity index (χ0n) is 10.9. The van der Waals surface area contributed by atoms with Crippen LogP contribution in [0.15, 0.2) is 29.8 Å². The van der Waals surface area contributed by atoms with Gasteiger partial charge in [0.25, 0.3) is 0 Å². The van der Waals surface area contributed by atoms with E-state index in [2.05, 4.69) is 16.7 Å². The third-order valence-electron chi connectivity index (χ3n) is 3.58. The van der Waals surface area contributed by atoms with Crippen LogP contribution in [0.4, 0.5) is 5.69 Å². The largest absolute Gasteiger partial charge is 0.489 e. The first-order chi connectivity index (χ1) is 9.33. The highest BCUT2D eigenvalue weighted by Gasteiger charge is 2.18. The molecule has 0 aliphatic carbocycles. The maximum Gasteiger partial charge on any atom is 0.224 e. The van der Waals surface area contributed by atoms with Crippen LogP contribution in [0, 0.1) is 0 Å². The summed E-state index contributed by atoms with van der Waals surface area (Å²) < 4.78 is 5.93. The minimum absolute atomic E-state index is 0.0886. The van der Waals surface area contributed by atoms with E-state index >= 15 is 0 Å². The second kappa shape index (κ2) is 5.45. The van der Waals surface area contributed by atoms with E-state index in [1.807, 2.05) is 18.2 Å². The molecule has 100 valence electrons. The standard InChI is InChI=1S/C15H18N2O2/c18-15-5-4-12-13(17-15)2-1-3-14(12)19-10-11-6-8-16-9-7-11/h1-3,6,16H,4-5,7-10H2,(H,17,18). The average molecular weight is 258 g/mol. The van der Waals surface area contributed by atoms with Gasteiger partial charge in [-0.2, -0.15) is 0 Å². The molecule has 4 nitrogen and oxygen atoms in total. The molecule has 0 radical (unpaired) electrons. The lowest BCUT2D eigenvalue weighted by Gasteiger charge is -2.21. The van der Waals surface area contributed by atoms with Gasteiger partial charge in [-0.1, -0.05) is 12.1 Å². The number of hydrogen-bond donors (Lipinski definition) is 2. The smallest absolute Gasteiger partial charge is 0.224 e. The summed E-state index contributed by atoms with van der Waals surface area (Å²) in [7, 11) is 0. The van der Waals surface area contributed by atoms with Crippen LogP contribution in [0.1, 0.15) is 18.4 Å². The minimum atomic E-state index is 0.0886. The summed E-state index contributed by atoms with van der Waals surface area (Å²) in [6, 6.07) is 5.84. The number of rotatable bonds is 3. The molecule has 0 bridgehead atoms. The Kier molecular flexibility index (Phi) is 3.51. The summed E-state index contributed by atoms with van der Waals surface area (Å²) in [5.41, 5.74) is 3.36. The van der Waals surface area contributed by atoms with Gasteiger partial charge in [0.2, 0.25) is 5.91 Å². The lowest BCUT2D eigenvalue weighted by Crippen LogP contribution is -2.23. The monoisotopic (exact) mass is 258 g/mol. The van der Waals surface area contributed by atoms with E-state index < -0.39 is 0 Å². The molecule has 1 amide bonds. The van der Waals surface area contributed by atoms with E-state index in [-0.39, 0.29) is 5.91 Å². The zero-order valence-corrected chi connectivity index (χ0v) is 10.9. The summed E-state index contributed by atoms with van der Waals surface area (Å²) in [4.78, 5) is 11.4. The molecule has 19 heavy (non-hydrogen) atoms. The van der Waals surface area contributed by atoms with Crippen LogP contribution in [-0.2, 0) is 11.2 Å². The Hall–Kier alpha value is -1.81. The molecule has 2 N–H and O–H groups in total. The Morgan fingerprint density at radius 3 is 3.00 bits per heavy atom. The average Bonchev–Trinajstić information content (AvgIpc) is 2.45. The fourth-order valence-electron chi connectivity index (χ4n) is 2.50. The van der Waals surface area contributed by atoms with E-state index in [4.69, 9.17) is 4.74 Å². The highest BCUT2D eigenvalue weighted by atomic mass is 16.5. The molecule has 1 aromatic carbocycles. The molecule has 0 spiro atoms. The highest BCUT2D eigenvalue weighted by Crippen LogP contribution is 2.31. The van der Waals surface area contributed by atoms with Crippen LogP contribution in [0.5, 0.6) is 5.75 Å². The van der Waals surface area contributed by atoms with Crippen molar-refractivity contribution in [1.29, 1.82) is 0 Å². The van der Waals surface area contributed by atoms with Crippen LogP contribution in [-0.4, -0.2) is 25.6 Å². The first-order valence-electron chi connectivity index (χ1n) is 6.76. The number of hydrogen-bond acceptors (Lipinski definition) is 3. The summed E-state index contributed by atoms with van der Waals surface area (Å²) in [6.07, 6.45) is 4.55. The number of benzene rings is 1. The number of amides is 1. The van der Waals surface area contributed by atoms with E-state index in [0.717, 1.165) is 42.9 Å². The van der Waals surface area contributed by atoms with Crippen molar-refractivity contribution in [1.82, 2.24) is 5.32 Å². The van der Waals surface area contributed by atoms with Gasteiger partial charge in [0.1, 0.15) is 12.4 Å². The fraction of sp³-hybridized carbons (Fsp3) is 0.400. The SMILES string of the molecule is O=C1CCc2c(cccc2OCC2=CCNCC2)N1. The van der Waals surface area contributed by atoms with Gasteiger partial charge >= 0.3 is 0 Å². The minimum Gasteiger partial charge on any atom is -0.489 e. The number of anilines is 1. The molecule has 0 atom stereocenters. The Balaban J connectivity index is 1.72. The highest BCUT2D eigenvalue weighted by molar-refractivity contribution is 5.94. The van der Waals surface area contributed by atoms with Gasteiger partial charge in [0.15, 0.2) is 0 Å². The Morgan fingerprint density at radius 2 is 2.16 bits per heavy atom. The molecule has 0 unspecified atom stereocenters. The molecule has 2 aliphatic heterocycles. The van der Waals surface area contributed by atoms with Crippen molar-refractivity contribution in [2.45, 2.75) is 19.3 Å². The number of fused-ring (bicyclic) bond motifs is 1. The summed E-state index contributed by atoms with van der Waals surface area (Å²) in [5, 5.41) is 6.18. The first-order valence-corrected chi connectivity index (χ1v) is 6.76. The second-order valence-corrected chi connectivity index (χ2v) is 4.94. The summed E-state index contributed by atoms with van der Waals surface area (Å²) >= 11 is 0. The number of ether oxygens (including phenoxy) is 1. The van der Waals surface area contributed by atoms with E-state index in [1.54, 1.807) is 0 Å². The number of carbonyl (C=O) groups is 1. The number of carbonyl (C=O) groups excluding carboxylic acids is 1. The van der Waals surface area contributed by atoms with Crippen molar-refractivity contribution in [2.24, 2.45) is 0 Å². The molecule has 2 heterocycles. The third-order valence-corrected chi connectivity index (χ3v) is 3.58. The van der Waals surface area contributed by atoms with Crippen LogP contribution in [0.2, 0.25) is 0 Å². The van der Waals surface area contributed by atoms with Gasteiger partial charge in [0.05, 0.1) is 0 Å². The van der Waals surface area contributed by atoms with Gasteiger partial charge in [-0.15, -0.1) is 0 Å². The van der Waals surface area contributed by atoms with Crippen LogP contribution in [0.25, 0.3) is 0 Å². The van der Waals surface area contributed by atoms with Crippen molar-refractivity contribution in [3.05, 3.63) is 35.4 Å². The maximum atomic E-state index is 11.4. The molecule has 0 saturated carbocycles. The number of nitrogens with one attached hydrogen (secondary N) is 2. The van der Waals surface area contributed by atoms with Crippen LogP contribution < -0.4 is 15.4 Å². The second-order valence-electron chi connectivity index (χ2n) is 4.94. The predicted octanol–water partition coefficient (Wildman–Crippen LogP) is 1.87. The Morgan fingerprint density at radius 1 is 1.21 bits per heavy atom. The van der Waals surface area contributed by atoms with E-state index in [1.165, 1.54) is 5.57 Å². The fourth-order valence-corrected chi connectivity index (χ4v) is 2.50. The first kappa shape index (κ1) is 12.2. The van der Waals surface area contributed by atoms with Crippen LogP contribution in [0.3, 0.4) is 0 Å². The van der Waals surface area contributed by atoms with Crippen LogP contribution >= 0.6 is 0 Å². The molecule has 2 aliphatic rings. The molecule has 1 aromatic rings. The van der Waals surface area contributed by atoms with Crippen molar-refractivity contribution >= 4 is 11.6 Å². The molecule has 4 heteroatoms. The van der Waals surface area contributed by atoms with Gasteiger partial charge in [0, 0.05) is 24.2 Å². The maximum absolute atomic E-state index is 11.4. The lowest BCUT2D eigenvalue weighted by molar-refractivity contribution is -0.116. The van der Waals surface area contributed by atoms with Gasteiger partial charge in [-0.05, 0) is 37.1 Å². The van der Waals surface area contributed by atoms with Gasteiger partial charge in [-0.3, -0.25) is 4.79 Å². The third kappa shape index (κ3) is 2.79. The van der Waals surface area contributed by atoms with Crippen molar-refractivity contribution in [3.8, 4) is 5.75 Å². The summed E-state index contributed by atoms with van der Waals surface area (Å²) in [6.45, 7) is 2.60. The Bertz CT molecular complexity index is 523. The van der Waals surface area contributed by atoms with Crippen molar-refractivity contribution in [3.63, 3.8) is 0 Å². The lowest BCUT2D eigenvalue weighted by atomic mass is 10.0. The van der Waals surface area contributed by atoms with Gasteiger partial charge in [-0.25, -0.2) is 0 Å². The topological polar surface area (TPSA) is 50.4 Å². The molecule has 0 aromatic heterocycles. The zero-order chi connectivity index (χ0) is 13.1. The molecule has 3 rings (SSSR count). The van der Waals surface area contributed by atoms with Crippen molar-refractivity contribution in [2.75, 3.05) is 25.0 Å². The summed E-state index contributed by atoms with van der Waals surface area (Å²) in [5.74, 6) is 0.989. The van der Waals surface area contributed by atoms with Gasteiger partial charge < -0.3 is 15.4 Å². The van der Waals surface area contributed by atoms with Crippen molar-refractivity contribution < 1.29 is 9.53 Å². The quantitative estimate of drug-likeness (QED) is 0.814. The molecule has 0 fully saturated rings. The molecule has 0 saturated heterocycles. The normalized spacial score (nSPS) is 18.3. The van der Waals surface area contributed by atoms with E-state index in [0.29, 0.717) is 13.0 Å². The molecular weight excluding hydrogens is 240 g/mol.